The molecule has 0 amide bonds. The lowest BCUT2D eigenvalue weighted by Crippen LogP contribution is -2.11. The minimum absolute atomic E-state index is 0.441. The van der Waals surface area contributed by atoms with Crippen molar-refractivity contribution in [2.45, 2.75) is 51.5 Å². The predicted molar refractivity (Wildman–Crippen MR) is 131 cm³/mol. The fourth-order valence-electron chi connectivity index (χ4n) is 3.94. The third-order valence-electron chi connectivity index (χ3n) is 5.55. The molecular weight excluding hydrogens is 466 g/mol. The SMILES string of the molecule is COc1ccc(CNc2nc(C3CCCCC3)nc3sc(C)c(Cl)c23)cc1OC.O=C(O)O. The molecule has 1 aromatic carbocycles. The van der Waals surface area contributed by atoms with Gasteiger partial charge < -0.3 is 25.0 Å². The standard InChI is InChI=1S/C22H26ClN3O2S.CH2O3/c1-13-19(23)18-21(24-12-14-9-10-16(27-2)17(11-14)28-3)25-20(26-22(18)29-13)15-7-5-4-6-8-15;2-1(3)4/h9-11,15H,4-8,12H2,1-3H3,(H,24,25,26);(H2,2,3,4). The maximum atomic E-state index is 8.56. The molecule has 33 heavy (non-hydrogen) atoms. The molecule has 1 aliphatic carbocycles. The van der Waals surface area contributed by atoms with Crippen LogP contribution in [0.4, 0.5) is 10.6 Å². The van der Waals surface area contributed by atoms with Gasteiger partial charge >= 0.3 is 6.16 Å². The topological polar surface area (TPSA) is 114 Å². The number of hydrogen-bond donors (Lipinski definition) is 3. The van der Waals surface area contributed by atoms with Gasteiger partial charge in [0.2, 0.25) is 0 Å². The molecule has 0 unspecified atom stereocenters. The van der Waals surface area contributed by atoms with Crippen molar-refractivity contribution in [3.05, 3.63) is 39.5 Å². The first-order valence-electron chi connectivity index (χ1n) is 10.7. The first kappa shape index (κ1) is 24.9. The van der Waals surface area contributed by atoms with Crippen LogP contribution >= 0.6 is 22.9 Å². The minimum Gasteiger partial charge on any atom is -0.493 e. The molecule has 0 radical (unpaired) electrons. The molecule has 2 heterocycles. The van der Waals surface area contributed by atoms with Crippen molar-refractivity contribution in [2.75, 3.05) is 19.5 Å². The van der Waals surface area contributed by atoms with Crippen molar-refractivity contribution >= 4 is 45.1 Å². The number of aromatic nitrogens is 2. The number of carboxylic acid groups (broad SMARTS) is 2. The Labute approximate surface area is 201 Å². The van der Waals surface area contributed by atoms with E-state index < -0.39 is 6.16 Å². The van der Waals surface area contributed by atoms with Crippen molar-refractivity contribution in [3.63, 3.8) is 0 Å². The fourth-order valence-corrected chi connectivity index (χ4v) is 5.21. The van der Waals surface area contributed by atoms with Crippen LogP contribution in [0.3, 0.4) is 0 Å². The van der Waals surface area contributed by atoms with Gasteiger partial charge in [0.25, 0.3) is 0 Å². The molecule has 1 fully saturated rings. The molecule has 4 rings (SSSR count). The number of fused-ring (bicyclic) bond motifs is 1. The van der Waals surface area contributed by atoms with Crippen LogP contribution in [0, 0.1) is 6.92 Å². The third kappa shape index (κ3) is 6.17. The van der Waals surface area contributed by atoms with Crippen LogP contribution in [-0.2, 0) is 6.54 Å². The van der Waals surface area contributed by atoms with Gasteiger partial charge in [0.1, 0.15) is 16.5 Å². The molecule has 3 aromatic rings. The van der Waals surface area contributed by atoms with Crippen molar-refractivity contribution in [3.8, 4) is 11.5 Å². The van der Waals surface area contributed by atoms with Gasteiger partial charge in [-0.05, 0) is 37.5 Å². The minimum atomic E-state index is -1.83. The summed E-state index contributed by atoms with van der Waals surface area (Å²) >= 11 is 8.25. The summed E-state index contributed by atoms with van der Waals surface area (Å²) in [5.41, 5.74) is 1.08. The smallest absolute Gasteiger partial charge is 0.493 e. The molecule has 1 saturated carbocycles. The highest BCUT2D eigenvalue weighted by atomic mass is 35.5. The molecule has 10 heteroatoms. The van der Waals surface area contributed by atoms with Gasteiger partial charge in [0.15, 0.2) is 11.5 Å². The van der Waals surface area contributed by atoms with E-state index in [1.165, 1.54) is 32.1 Å². The Bertz CT molecular complexity index is 1110. The lowest BCUT2D eigenvalue weighted by molar-refractivity contribution is 0.137. The highest BCUT2D eigenvalue weighted by molar-refractivity contribution is 7.19. The van der Waals surface area contributed by atoms with E-state index >= 15 is 0 Å². The van der Waals surface area contributed by atoms with Crippen molar-refractivity contribution in [2.24, 2.45) is 0 Å². The zero-order valence-electron chi connectivity index (χ0n) is 18.9. The summed E-state index contributed by atoms with van der Waals surface area (Å²) in [6.07, 6.45) is 4.32. The second-order valence-electron chi connectivity index (χ2n) is 7.74. The Hall–Kier alpha value is -2.78. The van der Waals surface area contributed by atoms with Crippen molar-refractivity contribution in [1.29, 1.82) is 0 Å². The van der Waals surface area contributed by atoms with Gasteiger partial charge in [-0.25, -0.2) is 14.8 Å². The van der Waals surface area contributed by atoms with E-state index in [4.69, 9.17) is 46.1 Å². The molecule has 2 aromatic heterocycles. The average molecular weight is 494 g/mol. The van der Waals surface area contributed by atoms with Crippen LogP contribution in [0.15, 0.2) is 18.2 Å². The molecule has 3 N–H and O–H groups in total. The van der Waals surface area contributed by atoms with E-state index in [9.17, 15) is 0 Å². The van der Waals surface area contributed by atoms with Gasteiger partial charge in [-0.15, -0.1) is 11.3 Å². The largest absolute Gasteiger partial charge is 0.503 e. The first-order chi connectivity index (χ1) is 15.8. The number of benzene rings is 1. The molecule has 0 atom stereocenters. The number of nitrogens with one attached hydrogen (secondary N) is 1. The van der Waals surface area contributed by atoms with E-state index in [0.29, 0.717) is 18.2 Å². The van der Waals surface area contributed by atoms with E-state index in [1.54, 1.807) is 25.6 Å². The number of ether oxygens (including phenoxy) is 2. The number of rotatable bonds is 6. The summed E-state index contributed by atoms with van der Waals surface area (Å²) in [6.45, 7) is 2.65. The van der Waals surface area contributed by atoms with Crippen LogP contribution in [0.1, 0.15) is 54.3 Å². The number of methoxy groups -OCH3 is 2. The zero-order chi connectivity index (χ0) is 24.0. The van der Waals surface area contributed by atoms with Gasteiger partial charge in [-0.1, -0.05) is 36.9 Å². The number of aryl methyl sites for hydroxylation is 1. The lowest BCUT2D eigenvalue weighted by atomic mass is 9.88. The summed E-state index contributed by atoms with van der Waals surface area (Å²) in [6, 6.07) is 5.92. The lowest BCUT2D eigenvalue weighted by Gasteiger charge is -2.21. The number of anilines is 1. The molecule has 0 bridgehead atoms. The molecule has 0 spiro atoms. The highest BCUT2D eigenvalue weighted by Gasteiger charge is 2.22. The maximum absolute atomic E-state index is 8.56. The number of thiophene rings is 1. The van der Waals surface area contributed by atoms with Gasteiger partial charge in [0.05, 0.1) is 24.6 Å². The summed E-state index contributed by atoms with van der Waals surface area (Å²) in [7, 11) is 3.29. The van der Waals surface area contributed by atoms with Crippen LogP contribution in [0.5, 0.6) is 11.5 Å². The second-order valence-corrected chi connectivity index (χ2v) is 9.32. The fraction of sp³-hybridized carbons (Fsp3) is 0.435. The third-order valence-corrected chi connectivity index (χ3v) is 7.13. The van der Waals surface area contributed by atoms with Crippen LogP contribution in [-0.4, -0.2) is 40.6 Å². The van der Waals surface area contributed by atoms with Crippen LogP contribution in [0.2, 0.25) is 5.02 Å². The summed E-state index contributed by atoms with van der Waals surface area (Å²) in [5, 5.41) is 19.1. The Morgan fingerprint density at radius 3 is 2.45 bits per heavy atom. The van der Waals surface area contributed by atoms with Gasteiger partial charge in [0, 0.05) is 17.3 Å². The van der Waals surface area contributed by atoms with E-state index in [-0.39, 0.29) is 0 Å². The summed E-state index contributed by atoms with van der Waals surface area (Å²) in [4.78, 5) is 20.4. The molecule has 0 aliphatic heterocycles. The predicted octanol–water partition coefficient (Wildman–Crippen LogP) is 6.55. The molecular formula is C23H28ClN3O5S. The monoisotopic (exact) mass is 493 g/mol. The van der Waals surface area contributed by atoms with Crippen molar-refractivity contribution in [1.82, 2.24) is 9.97 Å². The Morgan fingerprint density at radius 2 is 1.82 bits per heavy atom. The zero-order valence-corrected chi connectivity index (χ0v) is 20.4. The number of carbonyl (C=O) groups is 1. The Balaban J connectivity index is 0.000000709. The van der Waals surface area contributed by atoms with Gasteiger partial charge in [-0.2, -0.15) is 0 Å². The van der Waals surface area contributed by atoms with Crippen molar-refractivity contribution < 1.29 is 24.5 Å². The van der Waals surface area contributed by atoms with E-state index in [2.05, 4.69) is 5.32 Å². The molecule has 178 valence electrons. The number of nitrogens with zero attached hydrogens (tertiary/aromatic N) is 2. The second kappa shape index (κ2) is 11.4. The molecule has 8 nitrogen and oxygen atoms in total. The van der Waals surface area contributed by atoms with E-state index in [0.717, 1.165) is 43.1 Å². The average Bonchev–Trinajstić information content (AvgIpc) is 3.10. The van der Waals surface area contributed by atoms with Crippen LogP contribution in [0.25, 0.3) is 10.2 Å². The van der Waals surface area contributed by atoms with Gasteiger partial charge in [-0.3, -0.25) is 0 Å². The quantitative estimate of drug-likeness (QED) is 0.354. The number of halogens is 1. The maximum Gasteiger partial charge on any atom is 0.503 e. The molecule has 0 saturated heterocycles. The Kier molecular flexibility index (Phi) is 8.57. The summed E-state index contributed by atoms with van der Waals surface area (Å²) < 4.78 is 10.8. The van der Waals surface area contributed by atoms with E-state index in [1.807, 2.05) is 25.1 Å². The van der Waals surface area contributed by atoms with Crippen LogP contribution < -0.4 is 14.8 Å². The normalized spacial score (nSPS) is 13.8. The number of hydrogen-bond acceptors (Lipinski definition) is 7. The molecule has 1 aliphatic rings. The summed E-state index contributed by atoms with van der Waals surface area (Å²) in [5.74, 6) is 3.64. The Morgan fingerprint density at radius 1 is 1.15 bits per heavy atom. The first-order valence-corrected chi connectivity index (χ1v) is 11.9. The highest BCUT2D eigenvalue weighted by Crippen LogP contribution is 2.40.